The molecule has 2 aliphatic carbocycles. The molecule has 3 rings (SSSR count). The summed E-state index contributed by atoms with van der Waals surface area (Å²) in [5.41, 5.74) is 6.83. The summed E-state index contributed by atoms with van der Waals surface area (Å²) < 4.78 is 1.53. The van der Waals surface area contributed by atoms with Gasteiger partial charge in [-0.05, 0) is 45.2 Å². The standard InChI is InChI=1S/C17H28N6O2.2ClH/c1-22(2)6-5-19-14(24)10-23-9-13(8-20-23)21-17(25)15-11-3-4-12(7-11)16(15)18;;/h8-9,11-12,15-16H,3-7,10,18H2,1-2H3,(H,19,24)(H,21,25);2*1H. The number of rotatable bonds is 7. The number of nitrogens with one attached hydrogen (secondary N) is 2. The lowest BCUT2D eigenvalue weighted by atomic mass is 9.84. The second kappa shape index (κ2) is 10.3. The Morgan fingerprint density at radius 3 is 2.63 bits per heavy atom. The smallest absolute Gasteiger partial charge is 0.241 e. The number of aromatic nitrogens is 2. The molecule has 1 aromatic rings. The third kappa shape index (κ3) is 5.81. The quantitative estimate of drug-likeness (QED) is 0.602. The Balaban J connectivity index is 0.00000182. The first-order valence-corrected chi connectivity index (χ1v) is 8.94. The largest absolute Gasteiger partial charge is 0.353 e. The summed E-state index contributed by atoms with van der Waals surface area (Å²) >= 11 is 0. The van der Waals surface area contributed by atoms with E-state index in [4.69, 9.17) is 5.73 Å². The van der Waals surface area contributed by atoms with Gasteiger partial charge in [-0.25, -0.2) is 0 Å². The van der Waals surface area contributed by atoms with E-state index in [2.05, 4.69) is 15.7 Å². The lowest BCUT2D eigenvalue weighted by molar-refractivity contribution is -0.122. The number of nitrogens with two attached hydrogens (primary N) is 1. The third-order valence-corrected chi connectivity index (χ3v) is 5.37. The zero-order valence-corrected chi connectivity index (χ0v) is 17.4. The van der Waals surface area contributed by atoms with Crippen LogP contribution in [0.5, 0.6) is 0 Å². The molecule has 2 saturated carbocycles. The Morgan fingerprint density at radius 1 is 1.30 bits per heavy atom. The summed E-state index contributed by atoms with van der Waals surface area (Å²) in [7, 11) is 3.91. The van der Waals surface area contributed by atoms with Crippen molar-refractivity contribution in [3.8, 4) is 0 Å². The van der Waals surface area contributed by atoms with Gasteiger partial charge in [-0.1, -0.05) is 0 Å². The van der Waals surface area contributed by atoms with E-state index >= 15 is 0 Å². The van der Waals surface area contributed by atoms with Crippen LogP contribution in [-0.4, -0.2) is 59.7 Å². The molecule has 10 heteroatoms. The number of halogens is 2. The molecule has 0 spiro atoms. The van der Waals surface area contributed by atoms with Gasteiger partial charge in [0.1, 0.15) is 6.54 Å². The zero-order chi connectivity index (χ0) is 18.0. The van der Waals surface area contributed by atoms with Crippen LogP contribution in [0.15, 0.2) is 12.4 Å². The van der Waals surface area contributed by atoms with Crippen LogP contribution in [0.1, 0.15) is 19.3 Å². The van der Waals surface area contributed by atoms with Crippen LogP contribution in [-0.2, 0) is 16.1 Å². The minimum atomic E-state index is -0.101. The van der Waals surface area contributed by atoms with Gasteiger partial charge in [0.25, 0.3) is 0 Å². The van der Waals surface area contributed by atoms with E-state index < -0.39 is 0 Å². The number of carbonyl (C=O) groups is 2. The molecule has 2 aliphatic rings. The van der Waals surface area contributed by atoms with Crippen molar-refractivity contribution in [2.45, 2.75) is 31.8 Å². The van der Waals surface area contributed by atoms with Crippen LogP contribution in [0.2, 0.25) is 0 Å². The van der Waals surface area contributed by atoms with Crippen LogP contribution in [0.25, 0.3) is 0 Å². The molecule has 27 heavy (non-hydrogen) atoms. The van der Waals surface area contributed by atoms with Crippen molar-refractivity contribution in [1.29, 1.82) is 0 Å². The van der Waals surface area contributed by atoms with Crippen LogP contribution in [0, 0.1) is 17.8 Å². The fourth-order valence-corrected chi connectivity index (χ4v) is 4.09. The molecule has 2 amide bonds. The van der Waals surface area contributed by atoms with Crippen molar-refractivity contribution >= 4 is 42.3 Å². The molecular formula is C17H30Cl2N6O2. The molecule has 2 fully saturated rings. The highest BCUT2D eigenvalue weighted by atomic mass is 35.5. The van der Waals surface area contributed by atoms with Gasteiger partial charge in [0.05, 0.1) is 17.8 Å². The summed E-state index contributed by atoms with van der Waals surface area (Å²) in [5.74, 6) is 0.691. The summed E-state index contributed by atoms with van der Waals surface area (Å²) in [4.78, 5) is 26.4. The fraction of sp³-hybridized carbons (Fsp3) is 0.706. The van der Waals surface area contributed by atoms with E-state index in [1.807, 2.05) is 19.0 Å². The van der Waals surface area contributed by atoms with E-state index in [0.717, 1.165) is 25.8 Å². The van der Waals surface area contributed by atoms with Crippen molar-refractivity contribution < 1.29 is 9.59 Å². The van der Waals surface area contributed by atoms with Gasteiger partial charge in [-0.15, -0.1) is 24.8 Å². The number of anilines is 1. The minimum Gasteiger partial charge on any atom is -0.353 e. The van der Waals surface area contributed by atoms with Crippen LogP contribution in [0.3, 0.4) is 0 Å². The summed E-state index contributed by atoms with van der Waals surface area (Å²) in [6, 6.07) is -0.0312. The first-order valence-electron chi connectivity index (χ1n) is 8.94. The van der Waals surface area contributed by atoms with Gasteiger partial charge in [0.2, 0.25) is 11.8 Å². The predicted molar refractivity (Wildman–Crippen MR) is 109 cm³/mol. The molecule has 4 atom stereocenters. The normalized spacial score (nSPS) is 25.6. The van der Waals surface area contributed by atoms with E-state index in [-0.39, 0.29) is 55.1 Å². The van der Waals surface area contributed by atoms with E-state index in [9.17, 15) is 9.59 Å². The van der Waals surface area contributed by atoms with Crippen molar-refractivity contribution in [3.05, 3.63) is 12.4 Å². The Hall–Kier alpha value is -1.35. The molecule has 0 aliphatic heterocycles. The third-order valence-electron chi connectivity index (χ3n) is 5.37. The SMILES string of the molecule is CN(C)CCNC(=O)Cn1cc(NC(=O)C2C3CCC(C3)C2N)cn1.Cl.Cl. The van der Waals surface area contributed by atoms with Crippen LogP contribution in [0.4, 0.5) is 5.69 Å². The molecule has 8 nitrogen and oxygen atoms in total. The monoisotopic (exact) mass is 420 g/mol. The number of hydrogen-bond acceptors (Lipinski definition) is 5. The topological polar surface area (TPSA) is 105 Å². The Labute approximate surface area is 172 Å². The minimum absolute atomic E-state index is 0. The van der Waals surface area contributed by atoms with Crippen LogP contribution >= 0.6 is 24.8 Å². The Morgan fingerprint density at radius 2 is 2.00 bits per heavy atom. The van der Waals surface area contributed by atoms with Crippen molar-refractivity contribution in [2.24, 2.45) is 23.5 Å². The maximum atomic E-state index is 12.5. The average molecular weight is 421 g/mol. The lowest BCUT2D eigenvalue weighted by Gasteiger charge is -2.26. The second-order valence-corrected chi connectivity index (χ2v) is 7.51. The van der Waals surface area contributed by atoms with Gasteiger partial charge >= 0.3 is 0 Å². The zero-order valence-electron chi connectivity index (χ0n) is 15.8. The predicted octanol–water partition coefficient (Wildman–Crippen LogP) is 0.716. The second-order valence-electron chi connectivity index (χ2n) is 7.51. The number of carbonyl (C=O) groups excluding carboxylic acids is 2. The highest BCUT2D eigenvalue weighted by Crippen LogP contribution is 2.47. The molecular weight excluding hydrogens is 391 g/mol. The highest BCUT2D eigenvalue weighted by Gasteiger charge is 2.49. The van der Waals surface area contributed by atoms with Gasteiger partial charge in [-0.2, -0.15) is 5.10 Å². The average Bonchev–Trinajstić information content (AvgIpc) is 3.23. The number of likely N-dealkylation sites (N-methyl/N-ethyl adjacent to an activating group) is 1. The number of nitrogens with zero attached hydrogens (tertiary/aromatic N) is 3. The Bertz CT molecular complexity index is 637. The van der Waals surface area contributed by atoms with E-state index in [0.29, 0.717) is 24.1 Å². The first-order chi connectivity index (χ1) is 11.9. The fourth-order valence-electron chi connectivity index (χ4n) is 4.09. The molecule has 1 heterocycles. The summed E-state index contributed by atoms with van der Waals surface area (Å²) in [5, 5.41) is 9.89. The molecule has 0 radical (unpaired) electrons. The number of amides is 2. The number of hydrogen-bond donors (Lipinski definition) is 3. The molecule has 0 saturated heterocycles. The van der Waals surface area contributed by atoms with Gasteiger partial charge in [-0.3, -0.25) is 14.3 Å². The van der Waals surface area contributed by atoms with Crippen LogP contribution < -0.4 is 16.4 Å². The molecule has 4 N–H and O–H groups in total. The number of fused-ring (bicyclic) bond motifs is 2. The van der Waals surface area contributed by atoms with E-state index in [1.54, 1.807) is 12.4 Å². The van der Waals surface area contributed by atoms with Crippen molar-refractivity contribution in [1.82, 2.24) is 20.0 Å². The van der Waals surface area contributed by atoms with E-state index in [1.165, 1.54) is 4.68 Å². The molecule has 4 unspecified atom stereocenters. The maximum absolute atomic E-state index is 12.5. The molecule has 2 bridgehead atoms. The molecule has 0 aromatic carbocycles. The first kappa shape index (κ1) is 23.7. The molecule has 154 valence electrons. The maximum Gasteiger partial charge on any atom is 0.241 e. The van der Waals surface area contributed by atoms with Crippen molar-refractivity contribution in [2.75, 3.05) is 32.5 Å². The lowest BCUT2D eigenvalue weighted by Crippen LogP contribution is -2.42. The highest BCUT2D eigenvalue weighted by molar-refractivity contribution is 5.93. The summed E-state index contributed by atoms with van der Waals surface area (Å²) in [6.45, 7) is 1.52. The van der Waals surface area contributed by atoms with Gasteiger partial charge < -0.3 is 21.3 Å². The van der Waals surface area contributed by atoms with Gasteiger partial charge in [0.15, 0.2) is 0 Å². The van der Waals surface area contributed by atoms with Crippen molar-refractivity contribution in [3.63, 3.8) is 0 Å². The molecule has 1 aromatic heterocycles. The summed E-state index contributed by atoms with van der Waals surface area (Å²) in [6.07, 6.45) is 6.58. The Kier molecular flexibility index (Phi) is 9.01. The van der Waals surface area contributed by atoms with Gasteiger partial charge in [0, 0.05) is 25.3 Å².